The fourth-order valence-electron chi connectivity index (χ4n) is 0.940. The van der Waals surface area contributed by atoms with E-state index in [0.29, 0.717) is 6.54 Å². The van der Waals surface area contributed by atoms with Crippen molar-refractivity contribution in [3.8, 4) is 0 Å². The van der Waals surface area contributed by atoms with Crippen molar-refractivity contribution in [3.05, 3.63) is 40.4 Å². The largest absolute Gasteiger partial charge is 0.327 e. The normalized spacial score (nSPS) is 11.8. The molecule has 0 spiro atoms. The summed E-state index contributed by atoms with van der Waals surface area (Å²) >= 11 is 5.81. The van der Waals surface area contributed by atoms with Crippen molar-refractivity contribution in [2.75, 3.05) is 6.54 Å². The average Bonchev–Trinajstić information content (AvgIpc) is 2.04. The first-order valence-electron chi connectivity index (χ1n) is 3.85. The summed E-state index contributed by atoms with van der Waals surface area (Å²) in [6.45, 7) is 2.59. The Hall–Kier alpha value is -0.790. The summed E-state index contributed by atoms with van der Waals surface area (Å²) in [5.74, 6) is 0. The molecular weight excluding hydrogens is 170 g/mol. The lowest BCUT2D eigenvalue weighted by atomic mass is 10.1. The van der Waals surface area contributed by atoms with Gasteiger partial charge in [-0.2, -0.15) is 0 Å². The van der Waals surface area contributed by atoms with E-state index in [1.165, 1.54) is 0 Å². The second-order valence-electron chi connectivity index (χ2n) is 2.75. The van der Waals surface area contributed by atoms with Crippen LogP contribution in [0.2, 0.25) is 5.02 Å². The standard InChI is InChI=1S/C10H12ClN/c1-8(7-12)5-9-3-2-4-10(11)6-9/h2-6H,7,12H2,1H3. The second kappa shape index (κ2) is 4.29. The third-order valence-electron chi connectivity index (χ3n) is 1.58. The van der Waals surface area contributed by atoms with E-state index in [2.05, 4.69) is 0 Å². The molecule has 0 bridgehead atoms. The molecule has 0 heterocycles. The molecular formula is C10H12ClN. The third kappa shape index (κ3) is 2.68. The lowest BCUT2D eigenvalue weighted by Gasteiger charge is -1.97. The van der Waals surface area contributed by atoms with Gasteiger partial charge < -0.3 is 5.73 Å². The summed E-state index contributed by atoms with van der Waals surface area (Å²) in [5, 5.41) is 0.758. The third-order valence-corrected chi connectivity index (χ3v) is 1.82. The van der Waals surface area contributed by atoms with Gasteiger partial charge in [-0.05, 0) is 24.6 Å². The lowest BCUT2D eigenvalue weighted by molar-refractivity contribution is 1.15. The van der Waals surface area contributed by atoms with Crippen LogP contribution in [-0.2, 0) is 0 Å². The van der Waals surface area contributed by atoms with Gasteiger partial charge in [0.2, 0.25) is 0 Å². The van der Waals surface area contributed by atoms with E-state index in [1.807, 2.05) is 37.3 Å². The van der Waals surface area contributed by atoms with E-state index in [1.54, 1.807) is 0 Å². The summed E-state index contributed by atoms with van der Waals surface area (Å²) in [5.41, 5.74) is 7.71. The minimum Gasteiger partial charge on any atom is -0.327 e. The smallest absolute Gasteiger partial charge is 0.0411 e. The minimum atomic E-state index is 0.590. The van der Waals surface area contributed by atoms with Gasteiger partial charge >= 0.3 is 0 Å². The van der Waals surface area contributed by atoms with Crippen molar-refractivity contribution in [1.29, 1.82) is 0 Å². The number of benzene rings is 1. The molecule has 64 valence electrons. The molecule has 0 fully saturated rings. The molecule has 0 unspecified atom stereocenters. The molecule has 2 N–H and O–H groups in total. The molecule has 0 saturated heterocycles. The van der Waals surface area contributed by atoms with E-state index in [-0.39, 0.29) is 0 Å². The molecule has 1 nitrogen and oxygen atoms in total. The first-order valence-corrected chi connectivity index (χ1v) is 4.23. The molecule has 1 aromatic carbocycles. The van der Waals surface area contributed by atoms with Crippen molar-refractivity contribution in [3.63, 3.8) is 0 Å². The first-order chi connectivity index (χ1) is 5.72. The maximum absolute atomic E-state index is 5.81. The van der Waals surface area contributed by atoms with Crippen molar-refractivity contribution in [2.45, 2.75) is 6.92 Å². The molecule has 0 atom stereocenters. The van der Waals surface area contributed by atoms with Crippen LogP contribution < -0.4 is 5.73 Å². The zero-order chi connectivity index (χ0) is 8.97. The van der Waals surface area contributed by atoms with E-state index in [9.17, 15) is 0 Å². The van der Waals surface area contributed by atoms with E-state index in [0.717, 1.165) is 16.2 Å². The Bertz CT molecular complexity index is 292. The van der Waals surface area contributed by atoms with Crippen molar-refractivity contribution in [2.24, 2.45) is 5.73 Å². The molecule has 0 aliphatic rings. The second-order valence-corrected chi connectivity index (χ2v) is 3.19. The van der Waals surface area contributed by atoms with Crippen LogP contribution in [0.1, 0.15) is 12.5 Å². The topological polar surface area (TPSA) is 26.0 Å². The van der Waals surface area contributed by atoms with Gasteiger partial charge in [0.05, 0.1) is 0 Å². The molecule has 1 aromatic rings. The SMILES string of the molecule is CC(=Cc1cccc(Cl)c1)CN. The monoisotopic (exact) mass is 181 g/mol. The van der Waals surface area contributed by atoms with Gasteiger partial charge in [0.15, 0.2) is 0 Å². The van der Waals surface area contributed by atoms with Crippen molar-refractivity contribution >= 4 is 17.7 Å². The Labute approximate surface area is 77.8 Å². The van der Waals surface area contributed by atoms with Crippen LogP contribution in [0.4, 0.5) is 0 Å². The van der Waals surface area contributed by atoms with E-state index in [4.69, 9.17) is 17.3 Å². The Morgan fingerprint density at radius 3 is 2.92 bits per heavy atom. The van der Waals surface area contributed by atoms with Crippen LogP contribution in [0.15, 0.2) is 29.8 Å². The molecule has 2 heteroatoms. The number of rotatable bonds is 2. The Morgan fingerprint density at radius 2 is 2.33 bits per heavy atom. The van der Waals surface area contributed by atoms with Crippen LogP contribution in [0.25, 0.3) is 6.08 Å². The van der Waals surface area contributed by atoms with Crippen LogP contribution in [0.5, 0.6) is 0 Å². The summed E-state index contributed by atoms with van der Waals surface area (Å²) < 4.78 is 0. The molecule has 12 heavy (non-hydrogen) atoms. The number of hydrogen-bond acceptors (Lipinski definition) is 1. The average molecular weight is 182 g/mol. The van der Waals surface area contributed by atoms with Gasteiger partial charge in [0.1, 0.15) is 0 Å². The van der Waals surface area contributed by atoms with Gasteiger partial charge in [-0.15, -0.1) is 0 Å². The fourth-order valence-corrected chi connectivity index (χ4v) is 1.14. The van der Waals surface area contributed by atoms with Crippen molar-refractivity contribution < 1.29 is 0 Å². The van der Waals surface area contributed by atoms with Crippen LogP contribution in [0.3, 0.4) is 0 Å². The molecule has 1 rings (SSSR count). The molecule has 0 saturated carbocycles. The van der Waals surface area contributed by atoms with Gasteiger partial charge in [0.25, 0.3) is 0 Å². The first kappa shape index (κ1) is 9.30. The Morgan fingerprint density at radius 1 is 1.58 bits per heavy atom. The van der Waals surface area contributed by atoms with Gasteiger partial charge in [-0.25, -0.2) is 0 Å². The lowest BCUT2D eigenvalue weighted by Crippen LogP contribution is -1.99. The summed E-state index contributed by atoms with van der Waals surface area (Å²) in [6.07, 6.45) is 2.03. The zero-order valence-electron chi connectivity index (χ0n) is 7.05. The Balaban J connectivity index is 2.89. The van der Waals surface area contributed by atoms with Gasteiger partial charge in [0, 0.05) is 11.6 Å². The van der Waals surface area contributed by atoms with Gasteiger partial charge in [-0.3, -0.25) is 0 Å². The maximum Gasteiger partial charge on any atom is 0.0411 e. The minimum absolute atomic E-state index is 0.590. The number of nitrogens with two attached hydrogens (primary N) is 1. The summed E-state index contributed by atoms with van der Waals surface area (Å²) in [4.78, 5) is 0. The quantitative estimate of drug-likeness (QED) is 0.746. The van der Waals surface area contributed by atoms with Crippen molar-refractivity contribution in [1.82, 2.24) is 0 Å². The highest BCUT2D eigenvalue weighted by atomic mass is 35.5. The number of hydrogen-bond donors (Lipinski definition) is 1. The molecule has 0 aromatic heterocycles. The Kier molecular flexibility index (Phi) is 3.32. The highest BCUT2D eigenvalue weighted by Gasteiger charge is 1.90. The number of halogens is 1. The van der Waals surface area contributed by atoms with E-state index < -0.39 is 0 Å². The fraction of sp³-hybridized carbons (Fsp3) is 0.200. The predicted octanol–water partition coefficient (Wildman–Crippen LogP) is 2.70. The molecule has 0 amide bonds. The van der Waals surface area contributed by atoms with Crippen LogP contribution in [0, 0.1) is 0 Å². The van der Waals surface area contributed by atoms with Crippen LogP contribution >= 0.6 is 11.6 Å². The zero-order valence-corrected chi connectivity index (χ0v) is 7.81. The summed E-state index contributed by atoms with van der Waals surface area (Å²) in [7, 11) is 0. The molecule has 0 radical (unpaired) electrons. The van der Waals surface area contributed by atoms with Crippen LogP contribution in [-0.4, -0.2) is 6.54 Å². The highest BCUT2D eigenvalue weighted by Crippen LogP contribution is 2.12. The van der Waals surface area contributed by atoms with Gasteiger partial charge in [-0.1, -0.05) is 35.4 Å². The molecule has 0 aliphatic carbocycles. The highest BCUT2D eigenvalue weighted by molar-refractivity contribution is 6.30. The molecule has 0 aliphatic heterocycles. The maximum atomic E-state index is 5.81. The van der Waals surface area contributed by atoms with E-state index >= 15 is 0 Å². The predicted molar refractivity (Wildman–Crippen MR) is 54.2 cm³/mol. The summed E-state index contributed by atoms with van der Waals surface area (Å²) in [6, 6.07) is 7.71.